The highest BCUT2D eigenvalue weighted by Gasteiger charge is 2.36. The van der Waals surface area contributed by atoms with E-state index < -0.39 is 11.9 Å². The van der Waals surface area contributed by atoms with Crippen LogP contribution in [0.1, 0.15) is 54.9 Å². The fraction of sp³-hybridized carbons (Fsp3) is 0.600. The van der Waals surface area contributed by atoms with Gasteiger partial charge in [-0.1, -0.05) is 38.3 Å². The highest BCUT2D eigenvalue weighted by atomic mass is 16.4. The van der Waals surface area contributed by atoms with Crippen LogP contribution in [0.2, 0.25) is 0 Å². The van der Waals surface area contributed by atoms with E-state index in [1.807, 2.05) is 12.1 Å². The van der Waals surface area contributed by atoms with Gasteiger partial charge in [-0.05, 0) is 49.4 Å². The molecule has 1 fully saturated rings. The molecule has 5 nitrogen and oxygen atoms in total. The van der Waals surface area contributed by atoms with Crippen molar-refractivity contribution in [2.24, 2.45) is 11.8 Å². The summed E-state index contributed by atoms with van der Waals surface area (Å²) in [6, 6.07) is 7.00. The standard InChI is InChI=1S/C20H29NO4/c1-2-3-4-7-17-13-21(14-18(17)20(24)25)12-5-6-15-8-10-16(11-9-15)19(22)23/h8-11,17-18H,2-7,12-14H2,1H3,(H,22,23)(H,24,25). The van der Waals surface area contributed by atoms with Gasteiger partial charge in [-0.3, -0.25) is 4.79 Å². The Morgan fingerprint density at radius 2 is 1.80 bits per heavy atom. The third-order valence-corrected chi connectivity index (χ3v) is 5.15. The number of aryl methyl sites for hydroxylation is 1. The molecule has 1 aromatic carbocycles. The Labute approximate surface area is 149 Å². The van der Waals surface area contributed by atoms with Crippen molar-refractivity contribution in [1.29, 1.82) is 0 Å². The van der Waals surface area contributed by atoms with Crippen LogP contribution in [0.5, 0.6) is 0 Å². The molecule has 1 aliphatic rings. The van der Waals surface area contributed by atoms with E-state index in [0.29, 0.717) is 12.1 Å². The number of hydrogen-bond donors (Lipinski definition) is 2. The maximum atomic E-state index is 11.5. The minimum absolute atomic E-state index is 0.230. The molecule has 2 unspecified atom stereocenters. The van der Waals surface area contributed by atoms with E-state index in [1.54, 1.807) is 12.1 Å². The van der Waals surface area contributed by atoms with E-state index in [1.165, 1.54) is 6.42 Å². The highest BCUT2D eigenvalue weighted by molar-refractivity contribution is 5.87. The Balaban J connectivity index is 1.78. The van der Waals surface area contributed by atoms with Gasteiger partial charge in [0.25, 0.3) is 0 Å². The third kappa shape index (κ3) is 5.85. The lowest BCUT2D eigenvalue weighted by atomic mass is 9.91. The molecule has 0 saturated carbocycles. The molecule has 1 saturated heterocycles. The largest absolute Gasteiger partial charge is 0.481 e. The lowest BCUT2D eigenvalue weighted by molar-refractivity contribution is -0.142. The number of hydrogen-bond acceptors (Lipinski definition) is 3. The molecular weight excluding hydrogens is 318 g/mol. The summed E-state index contributed by atoms with van der Waals surface area (Å²) < 4.78 is 0. The molecule has 5 heteroatoms. The van der Waals surface area contributed by atoms with E-state index in [0.717, 1.165) is 50.8 Å². The highest BCUT2D eigenvalue weighted by Crippen LogP contribution is 2.28. The zero-order valence-corrected chi connectivity index (χ0v) is 15.0. The van der Waals surface area contributed by atoms with Crippen LogP contribution in [-0.2, 0) is 11.2 Å². The van der Waals surface area contributed by atoms with Crippen molar-refractivity contribution >= 4 is 11.9 Å². The van der Waals surface area contributed by atoms with E-state index in [-0.39, 0.29) is 11.8 Å². The van der Waals surface area contributed by atoms with Crippen LogP contribution >= 0.6 is 0 Å². The van der Waals surface area contributed by atoms with Gasteiger partial charge in [0.05, 0.1) is 11.5 Å². The van der Waals surface area contributed by atoms with Gasteiger partial charge in [0, 0.05) is 13.1 Å². The first kappa shape index (κ1) is 19.4. The minimum atomic E-state index is -0.905. The molecule has 2 atom stereocenters. The number of carboxylic acid groups (broad SMARTS) is 2. The maximum Gasteiger partial charge on any atom is 0.335 e. The van der Waals surface area contributed by atoms with Gasteiger partial charge in [-0.15, -0.1) is 0 Å². The molecule has 0 aromatic heterocycles. The van der Waals surface area contributed by atoms with Gasteiger partial charge >= 0.3 is 11.9 Å². The van der Waals surface area contributed by atoms with Crippen molar-refractivity contribution in [3.63, 3.8) is 0 Å². The molecule has 2 N–H and O–H groups in total. The van der Waals surface area contributed by atoms with Crippen LogP contribution in [0.4, 0.5) is 0 Å². The first-order valence-electron chi connectivity index (χ1n) is 9.28. The fourth-order valence-electron chi connectivity index (χ4n) is 3.69. The van der Waals surface area contributed by atoms with Gasteiger partial charge in [0.15, 0.2) is 0 Å². The lowest BCUT2D eigenvalue weighted by Gasteiger charge is -2.15. The van der Waals surface area contributed by atoms with Crippen LogP contribution in [0.15, 0.2) is 24.3 Å². The van der Waals surface area contributed by atoms with E-state index in [9.17, 15) is 14.7 Å². The number of benzene rings is 1. The molecule has 0 aliphatic carbocycles. The third-order valence-electron chi connectivity index (χ3n) is 5.15. The summed E-state index contributed by atoms with van der Waals surface area (Å²) in [6.07, 6.45) is 6.31. The minimum Gasteiger partial charge on any atom is -0.481 e. The first-order valence-corrected chi connectivity index (χ1v) is 9.28. The monoisotopic (exact) mass is 347 g/mol. The van der Waals surface area contributed by atoms with Crippen molar-refractivity contribution in [1.82, 2.24) is 4.90 Å². The summed E-state index contributed by atoms with van der Waals surface area (Å²) in [7, 11) is 0. The van der Waals surface area contributed by atoms with E-state index >= 15 is 0 Å². The Hall–Kier alpha value is -1.88. The number of aromatic carboxylic acids is 1. The van der Waals surface area contributed by atoms with Crippen LogP contribution in [-0.4, -0.2) is 46.7 Å². The zero-order chi connectivity index (χ0) is 18.2. The van der Waals surface area contributed by atoms with Gasteiger partial charge < -0.3 is 15.1 Å². The van der Waals surface area contributed by atoms with Gasteiger partial charge in [0.1, 0.15) is 0 Å². The van der Waals surface area contributed by atoms with E-state index in [2.05, 4.69) is 11.8 Å². The quantitative estimate of drug-likeness (QED) is 0.633. The molecule has 138 valence electrons. The van der Waals surface area contributed by atoms with Gasteiger partial charge in [-0.25, -0.2) is 4.79 Å². The fourth-order valence-corrected chi connectivity index (χ4v) is 3.69. The first-order chi connectivity index (χ1) is 12.0. The van der Waals surface area contributed by atoms with Gasteiger partial charge in [0.2, 0.25) is 0 Å². The lowest BCUT2D eigenvalue weighted by Crippen LogP contribution is -2.24. The summed E-state index contributed by atoms with van der Waals surface area (Å²) in [4.78, 5) is 24.6. The number of likely N-dealkylation sites (tertiary alicyclic amines) is 1. The number of nitrogens with zero attached hydrogens (tertiary/aromatic N) is 1. The van der Waals surface area contributed by atoms with Crippen molar-refractivity contribution in [2.45, 2.75) is 45.4 Å². The normalized spacial score (nSPS) is 20.7. The summed E-state index contributed by atoms with van der Waals surface area (Å²) in [6.45, 7) is 4.61. The van der Waals surface area contributed by atoms with Gasteiger partial charge in [-0.2, -0.15) is 0 Å². The molecule has 0 spiro atoms. The number of unbranched alkanes of at least 4 members (excludes halogenated alkanes) is 2. The SMILES string of the molecule is CCCCCC1CN(CCCc2ccc(C(=O)O)cc2)CC1C(=O)O. The molecule has 2 rings (SSSR count). The number of aliphatic carboxylic acids is 1. The number of rotatable bonds is 10. The Bertz CT molecular complexity index is 570. The number of carboxylic acids is 2. The topological polar surface area (TPSA) is 77.8 Å². The average molecular weight is 347 g/mol. The van der Waals surface area contributed by atoms with Crippen LogP contribution < -0.4 is 0 Å². The van der Waals surface area contributed by atoms with Crippen LogP contribution in [0.25, 0.3) is 0 Å². The molecule has 0 bridgehead atoms. The predicted molar refractivity (Wildman–Crippen MR) is 96.9 cm³/mol. The smallest absolute Gasteiger partial charge is 0.335 e. The molecule has 1 heterocycles. The molecule has 25 heavy (non-hydrogen) atoms. The zero-order valence-electron chi connectivity index (χ0n) is 15.0. The Kier molecular flexibility index (Phi) is 7.44. The second-order valence-corrected chi connectivity index (χ2v) is 7.07. The summed E-state index contributed by atoms with van der Waals surface area (Å²) in [5.41, 5.74) is 1.43. The second kappa shape index (κ2) is 9.56. The molecule has 1 aliphatic heterocycles. The Morgan fingerprint density at radius 1 is 1.08 bits per heavy atom. The van der Waals surface area contributed by atoms with Crippen LogP contribution in [0, 0.1) is 11.8 Å². The second-order valence-electron chi connectivity index (χ2n) is 7.07. The summed E-state index contributed by atoms with van der Waals surface area (Å²) >= 11 is 0. The predicted octanol–water partition coefficient (Wildman–Crippen LogP) is 3.53. The maximum absolute atomic E-state index is 11.5. The Morgan fingerprint density at radius 3 is 2.40 bits per heavy atom. The number of carbonyl (C=O) groups is 2. The van der Waals surface area contributed by atoms with Crippen molar-refractivity contribution in [3.8, 4) is 0 Å². The molecule has 0 radical (unpaired) electrons. The van der Waals surface area contributed by atoms with Crippen molar-refractivity contribution < 1.29 is 19.8 Å². The van der Waals surface area contributed by atoms with Crippen LogP contribution in [0.3, 0.4) is 0 Å². The van der Waals surface area contributed by atoms with E-state index in [4.69, 9.17) is 5.11 Å². The summed E-state index contributed by atoms with van der Waals surface area (Å²) in [5.74, 6) is -1.52. The van der Waals surface area contributed by atoms with Crippen molar-refractivity contribution in [3.05, 3.63) is 35.4 Å². The summed E-state index contributed by atoms with van der Waals surface area (Å²) in [5, 5.41) is 18.4. The van der Waals surface area contributed by atoms with Crippen molar-refractivity contribution in [2.75, 3.05) is 19.6 Å². The average Bonchev–Trinajstić information content (AvgIpc) is 2.99. The molecular formula is C20H29NO4. The molecule has 0 amide bonds. The molecule has 1 aromatic rings.